The van der Waals surface area contributed by atoms with Crippen LogP contribution in [0.5, 0.6) is 0 Å². The van der Waals surface area contributed by atoms with Crippen molar-refractivity contribution in [2.75, 3.05) is 12.4 Å². The van der Waals surface area contributed by atoms with Crippen LogP contribution in [-0.4, -0.2) is 23.7 Å². The van der Waals surface area contributed by atoms with E-state index in [9.17, 15) is 0 Å². The van der Waals surface area contributed by atoms with Gasteiger partial charge in [-0.15, -0.1) is 11.8 Å². The summed E-state index contributed by atoms with van der Waals surface area (Å²) in [4.78, 5) is 12.7. The molecule has 1 saturated heterocycles. The van der Waals surface area contributed by atoms with E-state index >= 15 is 0 Å². The Labute approximate surface area is 124 Å². The van der Waals surface area contributed by atoms with Crippen LogP contribution >= 0.6 is 11.8 Å². The Morgan fingerprint density at radius 3 is 2.45 bits per heavy atom. The molecule has 20 heavy (non-hydrogen) atoms. The van der Waals surface area contributed by atoms with Crippen molar-refractivity contribution in [3.8, 4) is 0 Å². The quantitative estimate of drug-likeness (QED) is 0.617. The summed E-state index contributed by atoms with van der Waals surface area (Å²) < 4.78 is 6.05. The van der Waals surface area contributed by atoms with Gasteiger partial charge in [-0.25, -0.2) is 9.78 Å². The molecule has 1 atom stereocenters. The summed E-state index contributed by atoms with van der Waals surface area (Å²) in [5.41, 5.74) is -0.372. The first-order valence-corrected chi connectivity index (χ1v) is 8.37. The molecule has 0 radical (unpaired) electrons. The van der Waals surface area contributed by atoms with Crippen molar-refractivity contribution in [1.82, 2.24) is 0 Å². The maximum atomic E-state index is 6.05. The number of hydrogen-bond donors (Lipinski definition) is 0. The third-order valence-corrected chi connectivity index (χ3v) is 5.30. The lowest BCUT2D eigenvalue weighted by Crippen LogP contribution is -2.52. The summed E-state index contributed by atoms with van der Waals surface area (Å²) in [6, 6.07) is 10.4. The maximum absolute atomic E-state index is 6.05. The highest BCUT2D eigenvalue weighted by molar-refractivity contribution is 7.99. The Morgan fingerprint density at radius 1 is 1.05 bits per heavy atom. The first-order chi connectivity index (χ1) is 9.70. The van der Waals surface area contributed by atoms with Crippen molar-refractivity contribution in [1.29, 1.82) is 0 Å². The Balaban J connectivity index is 1.53. The molecule has 0 bridgehead atoms. The highest BCUT2D eigenvalue weighted by Crippen LogP contribution is 2.39. The predicted molar refractivity (Wildman–Crippen MR) is 79.5 cm³/mol. The van der Waals surface area contributed by atoms with Gasteiger partial charge in [0.05, 0.1) is 6.61 Å². The van der Waals surface area contributed by atoms with Gasteiger partial charge in [-0.1, -0.05) is 24.6 Å². The van der Waals surface area contributed by atoms with Crippen LogP contribution in [0.25, 0.3) is 0 Å². The van der Waals surface area contributed by atoms with Crippen LogP contribution in [0.3, 0.4) is 0 Å². The molecule has 4 heteroatoms. The molecule has 0 amide bonds. The Kier molecular flexibility index (Phi) is 4.36. The molecule has 1 aliphatic heterocycles. The van der Waals surface area contributed by atoms with Crippen LogP contribution in [0.15, 0.2) is 35.2 Å². The van der Waals surface area contributed by atoms with Gasteiger partial charge in [-0.2, -0.15) is 0 Å². The van der Waals surface area contributed by atoms with Crippen LogP contribution in [-0.2, 0) is 14.5 Å². The molecule has 2 fully saturated rings. The fraction of sp³-hybridized carbons (Fsp3) is 0.625. The smallest absolute Gasteiger partial charge is 0.201 e. The van der Waals surface area contributed by atoms with Gasteiger partial charge in [0.1, 0.15) is 5.60 Å². The van der Waals surface area contributed by atoms with Crippen LogP contribution in [0.2, 0.25) is 0 Å². The lowest BCUT2D eigenvalue weighted by molar-refractivity contribution is -0.510. The molecule has 1 unspecified atom stereocenters. The normalized spacial score (nSPS) is 29.4. The molecule has 110 valence electrons. The molecule has 1 aromatic rings. The fourth-order valence-electron chi connectivity index (χ4n) is 2.65. The molecule has 1 heterocycles. The molecule has 1 spiro atoms. The Bertz CT molecular complexity index is 419. The van der Waals surface area contributed by atoms with Gasteiger partial charge < -0.3 is 4.74 Å². The van der Waals surface area contributed by atoms with Crippen LogP contribution in [0.4, 0.5) is 0 Å². The van der Waals surface area contributed by atoms with Crippen molar-refractivity contribution >= 4 is 11.8 Å². The molecular formula is C16H22O3S. The largest absolute Gasteiger partial charge is 0.344 e. The van der Waals surface area contributed by atoms with Crippen LogP contribution in [0.1, 0.15) is 39.0 Å². The molecule has 1 saturated carbocycles. The molecule has 3 nitrogen and oxygen atoms in total. The van der Waals surface area contributed by atoms with Gasteiger partial charge in [0.15, 0.2) is 0 Å². The Hall–Kier alpha value is -0.550. The Morgan fingerprint density at radius 2 is 1.80 bits per heavy atom. The second-order valence-corrected chi connectivity index (χ2v) is 7.03. The van der Waals surface area contributed by atoms with Gasteiger partial charge in [0.2, 0.25) is 5.79 Å². The van der Waals surface area contributed by atoms with E-state index in [1.165, 1.54) is 24.2 Å². The minimum atomic E-state index is -0.463. The predicted octanol–water partition coefficient (Wildman–Crippen LogP) is 4.18. The molecule has 2 aliphatic rings. The first kappa shape index (κ1) is 14.4. The standard InChI is InChI=1S/C16H22O3S/c1-15(13-20-14-8-4-2-5-9-14)12-17-16(19-18-15)10-6-3-7-11-16/h2,4-5,8-9H,3,6-7,10-13H2,1H3. The SMILES string of the molecule is CC1(CSc2ccccc2)COC2(CCCCC2)OO1. The second kappa shape index (κ2) is 6.06. The van der Waals surface area contributed by atoms with Crippen LogP contribution < -0.4 is 0 Å². The van der Waals surface area contributed by atoms with Crippen molar-refractivity contribution < 1.29 is 14.5 Å². The molecule has 1 aromatic carbocycles. The van der Waals surface area contributed by atoms with Gasteiger partial charge in [-0.3, -0.25) is 0 Å². The van der Waals surface area contributed by atoms with Crippen molar-refractivity contribution in [2.45, 2.75) is 55.3 Å². The highest BCUT2D eigenvalue weighted by atomic mass is 32.2. The second-order valence-electron chi connectivity index (χ2n) is 5.98. The third kappa shape index (κ3) is 3.37. The topological polar surface area (TPSA) is 27.7 Å². The third-order valence-electron chi connectivity index (χ3n) is 3.94. The summed E-state index contributed by atoms with van der Waals surface area (Å²) in [7, 11) is 0. The minimum absolute atomic E-state index is 0.372. The number of benzene rings is 1. The van der Waals surface area contributed by atoms with E-state index < -0.39 is 5.79 Å². The number of hydrogen-bond acceptors (Lipinski definition) is 4. The zero-order valence-electron chi connectivity index (χ0n) is 12.0. The molecule has 3 rings (SSSR count). The molecule has 1 aliphatic carbocycles. The van der Waals surface area contributed by atoms with Crippen molar-refractivity contribution in [3.63, 3.8) is 0 Å². The fourth-order valence-corrected chi connectivity index (χ4v) is 3.60. The monoisotopic (exact) mass is 294 g/mol. The lowest BCUT2D eigenvalue weighted by atomic mass is 9.94. The van der Waals surface area contributed by atoms with Gasteiger partial charge >= 0.3 is 0 Å². The summed E-state index contributed by atoms with van der Waals surface area (Å²) >= 11 is 1.78. The zero-order valence-corrected chi connectivity index (χ0v) is 12.8. The van der Waals surface area contributed by atoms with E-state index in [1.807, 2.05) is 6.07 Å². The zero-order chi connectivity index (χ0) is 13.9. The maximum Gasteiger partial charge on any atom is 0.201 e. The molecular weight excluding hydrogens is 272 g/mol. The van der Waals surface area contributed by atoms with E-state index in [-0.39, 0.29) is 5.60 Å². The number of thioether (sulfide) groups is 1. The summed E-state index contributed by atoms with van der Waals surface area (Å²) in [6.45, 7) is 2.66. The molecule has 0 N–H and O–H groups in total. The van der Waals surface area contributed by atoms with Gasteiger partial charge in [0.25, 0.3) is 0 Å². The van der Waals surface area contributed by atoms with Gasteiger partial charge in [0, 0.05) is 23.5 Å². The van der Waals surface area contributed by atoms with E-state index in [0.717, 1.165) is 18.6 Å². The van der Waals surface area contributed by atoms with E-state index in [2.05, 4.69) is 31.2 Å². The van der Waals surface area contributed by atoms with E-state index in [0.29, 0.717) is 6.61 Å². The average Bonchev–Trinajstić information content (AvgIpc) is 2.51. The summed E-state index contributed by atoms with van der Waals surface area (Å²) in [5, 5.41) is 0. The summed E-state index contributed by atoms with van der Waals surface area (Å²) in [5.74, 6) is 0.363. The molecule has 0 aromatic heterocycles. The lowest BCUT2D eigenvalue weighted by Gasteiger charge is -2.44. The van der Waals surface area contributed by atoms with E-state index in [1.54, 1.807) is 11.8 Å². The average molecular weight is 294 g/mol. The first-order valence-electron chi connectivity index (χ1n) is 7.39. The number of ether oxygens (including phenoxy) is 1. The van der Waals surface area contributed by atoms with Crippen LogP contribution in [0, 0.1) is 0 Å². The highest BCUT2D eigenvalue weighted by Gasteiger charge is 2.45. The van der Waals surface area contributed by atoms with Gasteiger partial charge in [-0.05, 0) is 31.9 Å². The summed E-state index contributed by atoms with van der Waals surface area (Å²) in [6.07, 6.45) is 5.51. The van der Waals surface area contributed by atoms with Crippen molar-refractivity contribution in [2.24, 2.45) is 0 Å². The van der Waals surface area contributed by atoms with E-state index in [4.69, 9.17) is 14.5 Å². The number of rotatable bonds is 3. The minimum Gasteiger partial charge on any atom is -0.344 e. The van der Waals surface area contributed by atoms with Crippen molar-refractivity contribution in [3.05, 3.63) is 30.3 Å².